The third-order valence-corrected chi connectivity index (χ3v) is 2.68. The number of nitrogens with two attached hydrogens (primary N) is 1. The van der Waals surface area contributed by atoms with Crippen LogP contribution < -0.4 is 15.8 Å². The minimum absolute atomic E-state index is 0.0802. The van der Waals surface area contributed by atoms with Gasteiger partial charge >= 0.3 is 0 Å². The number of rotatable bonds is 5. The van der Waals surface area contributed by atoms with Crippen LogP contribution in [-0.4, -0.2) is 17.6 Å². The maximum Gasteiger partial charge on any atom is 0.239 e. The first-order valence-corrected chi connectivity index (χ1v) is 6.56. The molecule has 4 heteroatoms. The average Bonchev–Trinajstić information content (AvgIpc) is 2.27. The number of nitrogens with one attached hydrogen (secondary N) is 1. The average molecular weight is 264 g/mol. The Morgan fingerprint density at radius 3 is 2.16 bits per heavy atom. The first kappa shape index (κ1) is 15.5. The van der Waals surface area contributed by atoms with Gasteiger partial charge in [0.15, 0.2) is 0 Å². The van der Waals surface area contributed by atoms with Crippen LogP contribution in [0.4, 0.5) is 0 Å². The highest BCUT2D eigenvalue weighted by Gasteiger charge is 2.23. The molecule has 1 rings (SSSR count). The molecule has 0 saturated carbocycles. The van der Waals surface area contributed by atoms with Gasteiger partial charge in [0.2, 0.25) is 5.91 Å². The van der Waals surface area contributed by atoms with Crippen LogP contribution in [0.1, 0.15) is 46.2 Å². The van der Waals surface area contributed by atoms with E-state index >= 15 is 0 Å². The van der Waals surface area contributed by atoms with E-state index in [2.05, 4.69) is 5.32 Å². The van der Waals surface area contributed by atoms with E-state index in [0.717, 1.165) is 11.3 Å². The molecule has 1 atom stereocenters. The molecule has 0 aliphatic rings. The number of hydrogen-bond donors (Lipinski definition) is 2. The molecule has 0 fully saturated rings. The SMILES string of the molecule is CC(C)Oc1ccc(C(C)NC(=O)C(C)(C)N)cc1. The van der Waals surface area contributed by atoms with Crippen molar-refractivity contribution < 1.29 is 9.53 Å². The summed E-state index contributed by atoms with van der Waals surface area (Å²) in [6, 6.07) is 7.64. The molecule has 0 saturated heterocycles. The van der Waals surface area contributed by atoms with Gasteiger partial charge in [-0.1, -0.05) is 12.1 Å². The molecule has 1 unspecified atom stereocenters. The Morgan fingerprint density at radius 2 is 1.74 bits per heavy atom. The maximum atomic E-state index is 11.8. The largest absolute Gasteiger partial charge is 0.491 e. The van der Waals surface area contributed by atoms with E-state index in [1.165, 1.54) is 0 Å². The lowest BCUT2D eigenvalue weighted by atomic mass is 10.0. The van der Waals surface area contributed by atoms with Crippen LogP contribution in [-0.2, 0) is 4.79 Å². The molecule has 19 heavy (non-hydrogen) atoms. The Hall–Kier alpha value is -1.55. The third-order valence-electron chi connectivity index (χ3n) is 2.68. The van der Waals surface area contributed by atoms with Gasteiger partial charge in [0.05, 0.1) is 17.7 Å². The first-order chi connectivity index (χ1) is 8.70. The van der Waals surface area contributed by atoms with Gasteiger partial charge in [-0.25, -0.2) is 0 Å². The first-order valence-electron chi connectivity index (χ1n) is 6.56. The number of ether oxygens (including phenoxy) is 1. The van der Waals surface area contributed by atoms with Crippen molar-refractivity contribution in [3.8, 4) is 5.75 Å². The highest BCUT2D eigenvalue weighted by atomic mass is 16.5. The monoisotopic (exact) mass is 264 g/mol. The molecule has 0 aliphatic heterocycles. The molecular formula is C15H24N2O2. The summed E-state index contributed by atoms with van der Waals surface area (Å²) in [6.07, 6.45) is 0.154. The molecule has 0 spiro atoms. The number of amides is 1. The van der Waals surface area contributed by atoms with E-state index in [1.807, 2.05) is 45.0 Å². The Labute approximate surface area is 115 Å². The standard InChI is InChI=1S/C15H24N2O2/c1-10(2)19-13-8-6-12(7-9-13)11(3)17-14(18)15(4,5)16/h6-11H,16H2,1-5H3,(H,17,18). The zero-order chi connectivity index (χ0) is 14.6. The minimum Gasteiger partial charge on any atom is -0.491 e. The van der Waals surface area contributed by atoms with Gasteiger partial charge in [-0.2, -0.15) is 0 Å². The Balaban J connectivity index is 2.68. The maximum absolute atomic E-state index is 11.8. The Morgan fingerprint density at radius 1 is 1.21 bits per heavy atom. The van der Waals surface area contributed by atoms with Crippen molar-refractivity contribution in [3.05, 3.63) is 29.8 Å². The van der Waals surface area contributed by atoms with Crippen LogP contribution in [0.15, 0.2) is 24.3 Å². The van der Waals surface area contributed by atoms with Crippen molar-refractivity contribution in [1.29, 1.82) is 0 Å². The number of hydrogen-bond acceptors (Lipinski definition) is 3. The van der Waals surface area contributed by atoms with E-state index < -0.39 is 5.54 Å². The Kier molecular flexibility index (Phi) is 4.95. The van der Waals surface area contributed by atoms with Gasteiger partial charge in [0.25, 0.3) is 0 Å². The van der Waals surface area contributed by atoms with E-state index in [4.69, 9.17) is 10.5 Å². The molecule has 0 bridgehead atoms. The fourth-order valence-corrected chi connectivity index (χ4v) is 1.57. The number of carbonyl (C=O) groups is 1. The van der Waals surface area contributed by atoms with Crippen molar-refractivity contribution >= 4 is 5.91 Å². The van der Waals surface area contributed by atoms with Crippen LogP contribution in [0.3, 0.4) is 0 Å². The van der Waals surface area contributed by atoms with Gasteiger partial charge in [0, 0.05) is 0 Å². The van der Waals surface area contributed by atoms with E-state index in [0.29, 0.717) is 0 Å². The fourth-order valence-electron chi connectivity index (χ4n) is 1.57. The van der Waals surface area contributed by atoms with E-state index in [-0.39, 0.29) is 18.1 Å². The predicted octanol–water partition coefficient (Wildman–Crippen LogP) is 2.39. The molecule has 0 aromatic heterocycles. The molecule has 0 radical (unpaired) electrons. The molecule has 0 heterocycles. The van der Waals surface area contributed by atoms with Gasteiger partial charge in [0.1, 0.15) is 5.75 Å². The number of benzene rings is 1. The van der Waals surface area contributed by atoms with Crippen molar-refractivity contribution in [2.45, 2.75) is 52.3 Å². The topological polar surface area (TPSA) is 64.3 Å². The molecule has 106 valence electrons. The van der Waals surface area contributed by atoms with Crippen LogP contribution in [0.25, 0.3) is 0 Å². The molecule has 3 N–H and O–H groups in total. The normalized spacial score (nSPS) is 13.2. The molecule has 1 amide bonds. The molecule has 1 aromatic carbocycles. The summed E-state index contributed by atoms with van der Waals surface area (Å²) in [6.45, 7) is 9.28. The highest BCUT2D eigenvalue weighted by molar-refractivity contribution is 5.85. The molecule has 1 aromatic rings. The van der Waals surface area contributed by atoms with Gasteiger partial charge < -0.3 is 15.8 Å². The summed E-state index contributed by atoms with van der Waals surface area (Å²) in [5, 5.41) is 2.89. The zero-order valence-electron chi connectivity index (χ0n) is 12.4. The summed E-state index contributed by atoms with van der Waals surface area (Å²) >= 11 is 0. The second-order valence-corrected chi connectivity index (χ2v) is 5.65. The van der Waals surface area contributed by atoms with Crippen molar-refractivity contribution in [2.24, 2.45) is 5.73 Å². The smallest absolute Gasteiger partial charge is 0.239 e. The summed E-state index contributed by atoms with van der Waals surface area (Å²) in [5.41, 5.74) is 5.91. The van der Waals surface area contributed by atoms with Gasteiger partial charge in [-0.15, -0.1) is 0 Å². The molecule has 0 aliphatic carbocycles. The lowest BCUT2D eigenvalue weighted by Gasteiger charge is -2.22. The second kappa shape index (κ2) is 6.06. The fraction of sp³-hybridized carbons (Fsp3) is 0.533. The summed E-state index contributed by atoms with van der Waals surface area (Å²) < 4.78 is 5.58. The lowest BCUT2D eigenvalue weighted by molar-refractivity contribution is -0.125. The van der Waals surface area contributed by atoms with Crippen molar-refractivity contribution in [1.82, 2.24) is 5.32 Å². The quantitative estimate of drug-likeness (QED) is 0.858. The summed E-state index contributed by atoms with van der Waals surface area (Å²) in [7, 11) is 0. The van der Waals surface area contributed by atoms with Gasteiger partial charge in [-0.05, 0) is 52.3 Å². The van der Waals surface area contributed by atoms with Crippen LogP contribution in [0.5, 0.6) is 5.75 Å². The van der Waals surface area contributed by atoms with Crippen molar-refractivity contribution in [2.75, 3.05) is 0 Å². The number of carbonyl (C=O) groups excluding carboxylic acids is 1. The predicted molar refractivity (Wildman–Crippen MR) is 77.0 cm³/mol. The molecule has 4 nitrogen and oxygen atoms in total. The van der Waals surface area contributed by atoms with E-state index in [9.17, 15) is 4.79 Å². The van der Waals surface area contributed by atoms with Crippen LogP contribution >= 0.6 is 0 Å². The third kappa shape index (κ3) is 4.91. The van der Waals surface area contributed by atoms with Crippen LogP contribution in [0.2, 0.25) is 0 Å². The molecular weight excluding hydrogens is 240 g/mol. The summed E-state index contributed by atoms with van der Waals surface area (Å²) in [4.78, 5) is 11.8. The zero-order valence-corrected chi connectivity index (χ0v) is 12.4. The van der Waals surface area contributed by atoms with Crippen molar-refractivity contribution in [3.63, 3.8) is 0 Å². The van der Waals surface area contributed by atoms with E-state index in [1.54, 1.807) is 13.8 Å². The van der Waals surface area contributed by atoms with Gasteiger partial charge in [-0.3, -0.25) is 4.79 Å². The Bertz CT molecular complexity index is 419. The summed E-state index contributed by atoms with van der Waals surface area (Å²) in [5.74, 6) is 0.666. The second-order valence-electron chi connectivity index (χ2n) is 5.65. The highest BCUT2D eigenvalue weighted by Crippen LogP contribution is 2.19. The lowest BCUT2D eigenvalue weighted by Crippen LogP contribution is -2.49. The minimum atomic E-state index is -0.866. The van der Waals surface area contributed by atoms with Crippen LogP contribution in [0, 0.1) is 0 Å².